The highest BCUT2D eigenvalue weighted by Crippen LogP contribution is 2.12. The molecule has 0 bridgehead atoms. The van der Waals surface area contributed by atoms with Gasteiger partial charge in [-0.1, -0.05) is 11.8 Å². The molecule has 0 N–H and O–H groups in total. The van der Waals surface area contributed by atoms with Gasteiger partial charge in [0.1, 0.15) is 11.4 Å². The smallest absolute Gasteiger partial charge is 0.102 e. The van der Waals surface area contributed by atoms with Gasteiger partial charge in [-0.05, 0) is 46.5 Å². The zero-order valence-corrected chi connectivity index (χ0v) is 8.99. The fraction of sp³-hybridized carbons (Fsp3) is 0.500. The second-order valence-corrected chi connectivity index (χ2v) is 3.61. The predicted octanol–water partition coefficient (Wildman–Crippen LogP) is 2.73. The fourth-order valence-electron chi connectivity index (χ4n) is 0.749. The lowest BCUT2D eigenvalue weighted by molar-refractivity contribution is 0.0536. The summed E-state index contributed by atoms with van der Waals surface area (Å²) in [5.41, 5.74) is -0.154. The molecule has 0 aromatic heterocycles. The summed E-state index contributed by atoms with van der Waals surface area (Å²) in [6.07, 6.45) is 1.73. The first kappa shape index (κ1) is 11.7. The molecule has 0 radical (unpaired) electrons. The Hall–Kier alpha value is -1.34. The monoisotopic (exact) mass is 176 g/mol. The van der Waals surface area contributed by atoms with Crippen molar-refractivity contribution in [3.8, 4) is 23.7 Å². The van der Waals surface area contributed by atoms with Crippen molar-refractivity contribution in [1.29, 1.82) is 0 Å². The van der Waals surface area contributed by atoms with E-state index in [0.29, 0.717) is 0 Å². The molecule has 1 heteroatoms. The van der Waals surface area contributed by atoms with Gasteiger partial charge in [0.15, 0.2) is 0 Å². The molecule has 0 spiro atoms. The van der Waals surface area contributed by atoms with E-state index in [1.54, 1.807) is 13.0 Å². The summed E-state index contributed by atoms with van der Waals surface area (Å²) in [5.74, 6) is 11.7. The van der Waals surface area contributed by atoms with Crippen molar-refractivity contribution < 1.29 is 4.74 Å². The van der Waals surface area contributed by atoms with Crippen molar-refractivity contribution >= 4 is 0 Å². The summed E-state index contributed by atoms with van der Waals surface area (Å²) >= 11 is 0. The fourth-order valence-corrected chi connectivity index (χ4v) is 0.749. The molecule has 0 aromatic carbocycles. The van der Waals surface area contributed by atoms with E-state index in [4.69, 9.17) is 4.74 Å². The molecule has 0 saturated carbocycles. The molecule has 0 aliphatic rings. The zero-order valence-electron chi connectivity index (χ0n) is 8.99. The van der Waals surface area contributed by atoms with Crippen molar-refractivity contribution in [3.05, 3.63) is 11.8 Å². The number of hydrogen-bond acceptors (Lipinski definition) is 1. The van der Waals surface area contributed by atoms with Crippen LogP contribution in [0.5, 0.6) is 0 Å². The van der Waals surface area contributed by atoms with Crippen LogP contribution in [0, 0.1) is 23.7 Å². The van der Waals surface area contributed by atoms with E-state index < -0.39 is 0 Å². The molecular formula is C12H16O. The highest BCUT2D eigenvalue weighted by molar-refractivity contribution is 5.30. The molecule has 1 nitrogen and oxygen atoms in total. The SMILES string of the molecule is CC#CC#C/C=C(\C)OC(C)(C)C. The van der Waals surface area contributed by atoms with E-state index in [1.165, 1.54) is 0 Å². The Morgan fingerprint density at radius 1 is 1.23 bits per heavy atom. The highest BCUT2D eigenvalue weighted by Gasteiger charge is 2.10. The molecule has 0 amide bonds. The third kappa shape index (κ3) is 8.57. The maximum absolute atomic E-state index is 5.53. The normalized spacial score (nSPS) is 10.7. The van der Waals surface area contributed by atoms with Crippen LogP contribution < -0.4 is 0 Å². The first-order valence-corrected chi connectivity index (χ1v) is 4.24. The van der Waals surface area contributed by atoms with E-state index in [-0.39, 0.29) is 5.60 Å². The highest BCUT2D eigenvalue weighted by atomic mass is 16.5. The van der Waals surface area contributed by atoms with Gasteiger partial charge in [0, 0.05) is 6.08 Å². The summed E-state index contributed by atoms with van der Waals surface area (Å²) in [6.45, 7) is 9.66. The van der Waals surface area contributed by atoms with Gasteiger partial charge in [-0.3, -0.25) is 0 Å². The lowest BCUT2D eigenvalue weighted by Crippen LogP contribution is -2.17. The minimum atomic E-state index is -0.154. The second kappa shape index (κ2) is 5.33. The average Bonchev–Trinajstić information content (AvgIpc) is 1.94. The van der Waals surface area contributed by atoms with Crippen LogP contribution in [-0.4, -0.2) is 5.60 Å². The first-order valence-electron chi connectivity index (χ1n) is 4.24. The quantitative estimate of drug-likeness (QED) is 0.441. The number of ether oxygens (including phenoxy) is 1. The second-order valence-electron chi connectivity index (χ2n) is 3.61. The predicted molar refractivity (Wildman–Crippen MR) is 55.8 cm³/mol. The molecule has 0 fully saturated rings. The van der Waals surface area contributed by atoms with Gasteiger partial charge in [-0.2, -0.15) is 0 Å². The Labute approximate surface area is 81.2 Å². The number of allylic oxidation sites excluding steroid dienone is 2. The molecular weight excluding hydrogens is 160 g/mol. The molecule has 0 heterocycles. The van der Waals surface area contributed by atoms with Crippen LogP contribution in [0.1, 0.15) is 34.6 Å². The molecule has 0 aliphatic carbocycles. The van der Waals surface area contributed by atoms with Crippen LogP contribution >= 0.6 is 0 Å². The van der Waals surface area contributed by atoms with Gasteiger partial charge in [0.05, 0.1) is 0 Å². The Kier molecular flexibility index (Phi) is 4.78. The van der Waals surface area contributed by atoms with E-state index >= 15 is 0 Å². The molecule has 0 atom stereocenters. The Bertz CT molecular complexity index is 294. The molecule has 0 rings (SSSR count). The summed E-state index contributed by atoms with van der Waals surface area (Å²) < 4.78 is 5.53. The third-order valence-electron chi connectivity index (χ3n) is 1.00. The van der Waals surface area contributed by atoms with E-state index in [9.17, 15) is 0 Å². The molecule has 0 saturated heterocycles. The van der Waals surface area contributed by atoms with Crippen LogP contribution in [0.25, 0.3) is 0 Å². The lowest BCUT2D eigenvalue weighted by atomic mass is 10.2. The topological polar surface area (TPSA) is 9.23 Å². The molecule has 13 heavy (non-hydrogen) atoms. The third-order valence-corrected chi connectivity index (χ3v) is 1.00. The summed E-state index contributed by atoms with van der Waals surface area (Å²) in [4.78, 5) is 0. The standard InChI is InChI=1S/C12H16O/c1-6-7-8-9-10-11(2)13-12(3,4)5/h10H,1-5H3/b11-10+. The number of hydrogen-bond donors (Lipinski definition) is 0. The van der Waals surface area contributed by atoms with Crippen molar-refractivity contribution in [2.75, 3.05) is 0 Å². The van der Waals surface area contributed by atoms with Crippen LogP contribution in [-0.2, 0) is 4.74 Å². The van der Waals surface area contributed by atoms with Gasteiger partial charge in [-0.25, -0.2) is 0 Å². The maximum atomic E-state index is 5.53. The van der Waals surface area contributed by atoms with Gasteiger partial charge >= 0.3 is 0 Å². The summed E-state index contributed by atoms with van der Waals surface area (Å²) in [7, 11) is 0. The van der Waals surface area contributed by atoms with Crippen molar-refractivity contribution in [3.63, 3.8) is 0 Å². The van der Waals surface area contributed by atoms with E-state index in [1.807, 2.05) is 27.7 Å². The zero-order chi connectivity index (χ0) is 10.3. The summed E-state index contributed by atoms with van der Waals surface area (Å²) in [6, 6.07) is 0. The van der Waals surface area contributed by atoms with Gasteiger partial charge in [0.25, 0.3) is 0 Å². The van der Waals surface area contributed by atoms with Crippen LogP contribution in [0.2, 0.25) is 0 Å². The van der Waals surface area contributed by atoms with Crippen molar-refractivity contribution in [1.82, 2.24) is 0 Å². The van der Waals surface area contributed by atoms with Crippen LogP contribution in [0.15, 0.2) is 11.8 Å². The van der Waals surface area contributed by atoms with E-state index in [0.717, 1.165) is 5.76 Å². The van der Waals surface area contributed by atoms with E-state index in [2.05, 4.69) is 23.7 Å². The Balaban J connectivity index is 4.19. The molecule has 70 valence electrons. The van der Waals surface area contributed by atoms with Crippen molar-refractivity contribution in [2.24, 2.45) is 0 Å². The first-order chi connectivity index (χ1) is 5.95. The van der Waals surface area contributed by atoms with Gasteiger partial charge in [-0.15, -0.1) is 0 Å². The Morgan fingerprint density at radius 3 is 2.31 bits per heavy atom. The Morgan fingerprint density at radius 2 is 1.85 bits per heavy atom. The summed E-state index contributed by atoms with van der Waals surface area (Å²) in [5, 5.41) is 0. The largest absolute Gasteiger partial charge is 0.492 e. The average molecular weight is 176 g/mol. The van der Waals surface area contributed by atoms with Crippen LogP contribution in [0.3, 0.4) is 0 Å². The molecule has 0 aliphatic heterocycles. The van der Waals surface area contributed by atoms with Gasteiger partial charge in [0.2, 0.25) is 0 Å². The lowest BCUT2D eigenvalue weighted by Gasteiger charge is -2.20. The van der Waals surface area contributed by atoms with Crippen molar-refractivity contribution in [2.45, 2.75) is 40.2 Å². The minimum absolute atomic E-state index is 0.154. The number of rotatable bonds is 1. The minimum Gasteiger partial charge on any atom is -0.492 e. The van der Waals surface area contributed by atoms with Crippen LogP contribution in [0.4, 0.5) is 0 Å². The van der Waals surface area contributed by atoms with Gasteiger partial charge < -0.3 is 4.74 Å². The molecule has 0 aromatic rings. The maximum Gasteiger partial charge on any atom is 0.102 e. The molecule has 0 unspecified atom stereocenters.